The van der Waals surface area contributed by atoms with Gasteiger partial charge < -0.3 is 10.2 Å². The Morgan fingerprint density at radius 2 is 2.05 bits per heavy atom. The third-order valence-corrected chi connectivity index (χ3v) is 4.57. The highest BCUT2D eigenvalue weighted by molar-refractivity contribution is 6.42. The molecule has 1 aromatic carbocycles. The second-order valence-corrected chi connectivity index (χ2v) is 6.03. The molecule has 1 atom stereocenters. The highest BCUT2D eigenvalue weighted by Crippen LogP contribution is 2.25. The molecule has 1 unspecified atom stereocenters. The molecule has 3 nitrogen and oxygen atoms in total. The first-order valence-electron chi connectivity index (χ1n) is 6.60. The van der Waals surface area contributed by atoms with E-state index >= 15 is 0 Å². The maximum Gasteiger partial charge on any atom is 0.0637 e. The molecule has 1 aliphatic rings. The number of likely N-dealkylation sites (N-methyl/N-ethyl adjacent to an activating group) is 2. The highest BCUT2D eigenvalue weighted by atomic mass is 35.5. The van der Waals surface area contributed by atoms with Crippen LogP contribution in [0, 0.1) is 0 Å². The smallest absolute Gasteiger partial charge is 0.0637 e. The van der Waals surface area contributed by atoms with Gasteiger partial charge in [-0.1, -0.05) is 35.3 Å². The average molecular weight is 302 g/mol. The molecule has 19 heavy (non-hydrogen) atoms. The number of nitrogens with zero attached hydrogens (tertiary/aromatic N) is 2. The molecule has 1 heterocycles. The van der Waals surface area contributed by atoms with Crippen molar-refractivity contribution in [3.05, 3.63) is 33.8 Å². The van der Waals surface area contributed by atoms with E-state index in [9.17, 15) is 0 Å². The van der Waals surface area contributed by atoms with Crippen molar-refractivity contribution in [1.29, 1.82) is 0 Å². The Balaban J connectivity index is 1.84. The fraction of sp³-hybridized carbons (Fsp3) is 0.571. The van der Waals surface area contributed by atoms with Gasteiger partial charge >= 0.3 is 0 Å². The van der Waals surface area contributed by atoms with Gasteiger partial charge in [0.2, 0.25) is 0 Å². The van der Waals surface area contributed by atoms with E-state index < -0.39 is 0 Å². The van der Waals surface area contributed by atoms with Gasteiger partial charge in [0, 0.05) is 38.8 Å². The lowest BCUT2D eigenvalue weighted by Crippen LogP contribution is -2.53. The fourth-order valence-electron chi connectivity index (χ4n) is 2.38. The van der Waals surface area contributed by atoms with E-state index in [1.165, 1.54) is 0 Å². The molecule has 2 rings (SSSR count). The molecule has 1 N–H and O–H groups in total. The number of hydrogen-bond acceptors (Lipinski definition) is 3. The maximum atomic E-state index is 6.18. The van der Waals surface area contributed by atoms with Crippen LogP contribution in [0.1, 0.15) is 5.56 Å². The summed E-state index contributed by atoms with van der Waals surface area (Å²) in [7, 11) is 4.36. The van der Waals surface area contributed by atoms with Crippen molar-refractivity contribution < 1.29 is 0 Å². The van der Waals surface area contributed by atoms with Crippen molar-refractivity contribution in [2.24, 2.45) is 0 Å². The van der Waals surface area contributed by atoms with Gasteiger partial charge in [-0.3, -0.25) is 4.90 Å². The SMILES string of the molecule is CN1CCN(C)C(CNCc2cccc(Cl)c2Cl)C1. The summed E-state index contributed by atoms with van der Waals surface area (Å²) in [6, 6.07) is 6.32. The Bertz CT molecular complexity index is 425. The third-order valence-electron chi connectivity index (χ3n) is 3.71. The minimum Gasteiger partial charge on any atom is -0.311 e. The summed E-state index contributed by atoms with van der Waals surface area (Å²) >= 11 is 12.2. The molecular formula is C14H21Cl2N3. The first kappa shape index (κ1) is 15.1. The largest absolute Gasteiger partial charge is 0.311 e. The van der Waals surface area contributed by atoms with Crippen LogP contribution in [0.3, 0.4) is 0 Å². The van der Waals surface area contributed by atoms with Crippen molar-refractivity contribution >= 4 is 23.2 Å². The molecule has 0 radical (unpaired) electrons. The zero-order chi connectivity index (χ0) is 13.8. The van der Waals surface area contributed by atoms with E-state index in [0.717, 1.165) is 38.3 Å². The van der Waals surface area contributed by atoms with E-state index in [1.54, 1.807) is 0 Å². The van der Waals surface area contributed by atoms with Gasteiger partial charge in [-0.25, -0.2) is 0 Å². The van der Waals surface area contributed by atoms with Gasteiger partial charge in [0.1, 0.15) is 0 Å². The van der Waals surface area contributed by atoms with Crippen molar-refractivity contribution in [3.63, 3.8) is 0 Å². The van der Waals surface area contributed by atoms with Crippen molar-refractivity contribution in [3.8, 4) is 0 Å². The quantitative estimate of drug-likeness (QED) is 0.921. The van der Waals surface area contributed by atoms with Gasteiger partial charge in [-0.15, -0.1) is 0 Å². The third kappa shape index (κ3) is 4.07. The van der Waals surface area contributed by atoms with Crippen LogP contribution in [0.2, 0.25) is 10.0 Å². The van der Waals surface area contributed by atoms with Crippen LogP contribution in [0.25, 0.3) is 0 Å². The molecule has 0 saturated carbocycles. The number of halogens is 2. The van der Waals surface area contributed by atoms with Crippen LogP contribution in [0.4, 0.5) is 0 Å². The lowest BCUT2D eigenvalue weighted by molar-refractivity contribution is 0.113. The van der Waals surface area contributed by atoms with Gasteiger partial charge in [0.25, 0.3) is 0 Å². The Morgan fingerprint density at radius 3 is 2.84 bits per heavy atom. The predicted octanol–water partition coefficient (Wildman–Crippen LogP) is 2.33. The molecule has 1 saturated heterocycles. The lowest BCUT2D eigenvalue weighted by atomic mass is 10.1. The second-order valence-electron chi connectivity index (χ2n) is 5.24. The number of hydrogen-bond donors (Lipinski definition) is 1. The summed E-state index contributed by atoms with van der Waals surface area (Å²) < 4.78 is 0. The molecule has 0 aromatic heterocycles. The molecule has 5 heteroatoms. The molecule has 1 aromatic rings. The van der Waals surface area contributed by atoms with Crippen molar-refractivity contribution in [1.82, 2.24) is 15.1 Å². The Labute approximate surface area is 125 Å². The predicted molar refractivity (Wildman–Crippen MR) is 82.1 cm³/mol. The van der Waals surface area contributed by atoms with Crippen LogP contribution in [-0.4, -0.2) is 56.1 Å². The summed E-state index contributed by atoms with van der Waals surface area (Å²) in [5, 5.41) is 4.76. The van der Waals surface area contributed by atoms with Gasteiger partial charge in [-0.2, -0.15) is 0 Å². The second kappa shape index (κ2) is 6.91. The summed E-state index contributed by atoms with van der Waals surface area (Å²) in [5.41, 5.74) is 1.06. The summed E-state index contributed by atoms with van der Waals surface area (Å²) in [5.74, 6) is 0. The monoisotopic (exact) mass is 301 g/mol. The van der Waals surface area contributed by atoms with Crippen LogP contribution in [0.15, 0.2) is 18.2 Å². The lowest BCUT2D eigenvalue weighted by Gasteiger charge is -2.37. The Kier molecular flexibility index (Phi) is 5.48. The first-order chi connectivity index (χ1) is 9.08. The van der Waals surface area contributed by atoms with Crippen molar-refractivity contribution in [2.75, 3.05) is 40.3 Å². The van der Waals surface area contributed by atoms with E-state index in [1.807, 2.05) is 18.2 Å². The molecular weight excluding hydrogens is 281 g/mol. The Morgan fingerprint density at radius 1 is 1.26 bits per heavy atom. The zero-order valence-electron chi connectivity index (χ0n) is 11.5. The van der Waals surface area contributed by atoms with E-state index in [4.69, 9.17) is 23.2 Å². The minimum absolute atomic E-state index is 0.553. The normalized spacial score (nSPS) is 21.8. The van der Waals surface area contributed by atoms with Crippen LogP contribution < -0.4 is 5.32 Å². The average Bonchev–Trinajstić information content (AvgIpc) is 2.38. The van der Waals surface area contributed by atoms with Crippen molar-refractivity contribution in [2.45, 2.75) is 12.6 Å². The fourth-order valence-corrected chi connectivity index (χ4v) is 2.77. The summed E-state index contributed by atoms with van der Waals surface area (Å²) in [6.45, 7) is 5.10. The standard InChI is InChI=1S/C14H21Cl2N3/c1-18-6-7-19(2)12(10-18)9-17-8-11-4-3-5-13(15)14(11)16/h3-5,12,17H,6-10H2,1-2H3. The van der Waals surface area contributed by atoms with E-state index in [0.29, 0.717) is 16.1 Å². The number of piperazine rings is 1. The van der Waals surface area contributed by atoms with E-state index in [2.05, 4.69) is 29.2 Å². The van der Waals surface area contributed by atoms with Crippen LogP contribution >= 0.6 is 23.2 Å². The number of rotatable bonds is 4. The van der Waals surface area contributed by atoms with Crippen LogP contribution in [-0.2, 0) is 6.54 Å². The molecule has 1 aliphatic heterocycles. The number of benzene rings is 1. The molecule has 0 spiro atoms. The van der Waals surface area contributed by atoms with Gasteiger partial charge in [0.05, 0.1) is 10.0 Å². The van der Waals surface area contributed by atoms with E-state index in [-0.39, 0.29) is 0 Å². The van der Waals surface area contributed by atoms with Crippen LogP contribution in [0.5, 0.6) is 0 Å². The maximum absolute atomic E-state index is 6.18. The summed E-state index contributed by atoms with van der Waals surface area (Å²) in [4.78, 5) is 4.78. The molecule has 106 valence electrons. The first-order valence-corrected chi connectivity index (χ1v) is 7.36. The molecule has 0 bridgehead atoms. The topological polar surface area (TPSA) is 18.5 Å². The Hall–Kier alpha value is -0.320. The van der Waals surface area contributed by atoms with Gasteiger partial charge in [0.15, 0.2) is 0 Å². The van der Waals surface area contributed by atoms with Gasteiger partial charge in [-0.05, 0) is 25.7 Å². The zero-order valence-corrected chi connectivity index (χ0v) is 13.0. The molecule has 1 fully saturated rings. The molecule has 0 amide bonds. The highest BCUT2D eigenvalue weighted by Gasteiger charge is 2.21. The number of nitrogens with one attached hydrogen (secondary N) is 1. The summed E-state index contributed by atoms with van der Waals surface area (Å²) in [6.07, 6.45) is 0. The molecule has 0 aliphatic carbocycles. The minimum atomic E-state index is 0.553.